The largest absolute Gasteiger partial charge is 0.228 e. The van der Waals surface area contributed by atoms with Crippen LogP contribution < -0.4 is 0 Å². The Balaban J connectivity index is 1.04. The van der Waals surface area contributed by atoms with Gasteiger partial charge in [0.2, 0.25) is 0 Å². The van der Waals surface area contributed by atoms with E-state index in [1.807, 2.05) is 40.9 Å². The van der Waals surface area contributed by atoms with E-state index >= 15 is 0 Å². The fourth-order valence-electron chi connectivity index (χ4n) is 7.84. The van der Waals surface area contributed by atoms with Gasteiger partial charge in [0.05, 0.1) is 11.4 Å². The Bertz CT molecular complexity index is 3230. The predicted octanol–water partition coefficient (Wildman–Crippen LogP) is 15.2. The molecule has 8 aromatic carbocycles. The second-order valence-electron chi connectivity index (χ2n) is 14.2. The normalized spacial score (nSPS) is 11.6. The van der Waals surface area contributed by atoms with Crippen LogP contribution in [0.25, 0.3) is 108 Å². The van der Waals surface area contributed by atoms with Gasteiger partial charge in [-0.3, -0.25) is 0 Å². The molecule has 0 saturated heterocycles. The molecule has 3 aromatic heterocycles. The van der Waals surface area contributed by atoms with Crippen molar-refractivity contribution < 1.29 is 0 Å². The highest BCUT2D eigenvalue weighted by molar-refractivity contribution is 7.26. The highest BCUT2D eigenvalue weighted by Crippen LogP contribution is 2.40. The zero-order valence-electron chi connectivity index (χ0n) is 30.2. The zero-order valence-corrected chi connectivity index (χ0v) is 31.8. The van der Waals surface area contributed by atoms with E-state index in [2.05, 4.69) is 176 Å². The van der Waals surface area contributed by atoms with Crippen LogP contribution in [0, 0.1) is 0 Å². The highest BCUT2D eigenvalue weighted by atomic mass is 32.1. The average molecular weight is 749 g/mol. The highest BCUT2D eigenvalue weighted by Gasteiger charge is 2.15. The molecule has 0 aliphatic heterocycles. The number of rotatable bonds is 6. The van der Waals surface area contributed by atoms with E-state index in [0.717, 1.165) is 39.2 Å². The molecular formula is C52H32N2S2. The number of aromatic nitrogens is 2. The van der Waals surface area contributed by atoms with Crippen molar-refractivity contribution >= 4 is 63.0 Å². The first-order valence-electron chi connectivity index (χ1n) is 18.8. The minimum absolute atomic E-state index is 0.704. The molecule has 0 amide bonds. The monoisotopic (exact) mass is 748 g/mol. The van der Waals surface area contributed by atoms with Crippen LogP contribution in [0.1, 0.15) is 0 Å². The Kier molecular flexibility index (Phi) is 7.90. The minimum atomic E-state index is 0.704. The van der Waals surface area contributed by atoms with Gasteiger partial charge in [0.1, 0.15) is 0 Å². The third kappa shape index (κ3) is 5.88. The van der Waals surface area contributed by atoms with Gasteiger partial charge in [0, 0.05) is 57.0 Å². The van der Waals surface area contributed by atoms with Crippen molar-refractivity contribution in [2.45, 2.75) is 0 Å². The molecule has 262 valence electrons. The van der Waals surface area contributed by atoms with Gasteiger partial charge in [0.25, 0.3) is 0 Å². The first-order valence-corrected chi connectivity index (χ1v) is 20.4. The van der Waals surface area contributed by atoms with Gasteiger partial charge in [-0.05, 0) is 88.0 Å². The van der Waals surface area contributed by atoms with Gasteiger partial charge >= 0.3 is 0 Å². The minimum Gasteiger partial charge on any atom is -0.228 e. The van der Waals surface area contributed by atoms with Crippen LogP contribution in [0.15, 0.2) is 194 Å². The Morgan fingerprint density at radius 1 is 0.250 bits per heavy atom. The molecule has 56 heavy (non-hydrogen) atoms. The van der Waals surface area contributed by atoms with Gasteiger partial charge in [-0.25, -0.2) is 9.97 Å². The van der Waals surface area contributed by atoms with Crippen LogP contribution >= 0.6 is 22.7 Å². The molecule has 0 saturated carbocycles. The summed E-state index contributed by atoms with van der Waals surface area (Å²) in [4.78, 5) is 10.4. The molecule has 2 nitrogen and oxygen atoms in total. The molecule has 0 radical (unpaired) electrons. The molecule has 0 spiro atoms. The Morgan fingerprint density at radius 3 is 1.45 bits per heavy atom. The van der Waals surface area contributed by atoms with Crippen molar-refractivity contribution in [2.75, 3.05) is 0 Å². The van der Waals surface area contributed by atoms with E-state index in [1.165, 1.54) is 62.6 Å². The molecule has 11 aromatic rings. The Labute approximate surface area is 332 Å². The molecule has 11 rings (SSSR count). The van der Waals surface area contributed by atoms with E-state index in [4.69, 9.17) is 9.97 Å². The second kappa shape index (κ2) is 13.5. The van der Waals surface area contributed by atoms with Crippen LogP contribution in [0.2, 0.25) is 0 Å². The molecule has 0 bridgehead atoms. The number of hydrogen-bond acceptors (Lipinski definition) is 4. The maximum Gasteiger partial charge on any atom is 0.160 e. The lowest BCUT2D eigenvalue weighted by atomic mass is 9.94. The predicted molar refractivity (Wildman–Crippen MR) is 240 cm³/mol. The maximum absolute atomic E-state index is 5.26. The van der Waals surface area contributed by atoms with E-state index in [0.29, 0.717) is 5.82 Å². The number of fused-ring (bicyclic) bond motifs is 6. The number of benzene rings is 8. The summed E-state index contributed by atoms with van der Waals surface area (Å²) in [6.07, 6.45) is 0. The van der Waals surface area contributed by atoms with Crippen molar-refractivity contribution in [3.05, 3.63) is 194 Å². The molecule has 0 aliphatic rings. The smallest absolute Gasteiger partial charge is 0.160 e. The molecule has 0 aliphatic carbocycles. The molecule has 0 unspecified atom stereocenters. The van der Waals surface area contributed by atoms with Crippen molar-refractivity contribution in [1.29, 1.82) is 0 Å². The molecular weight excluding hydrogens is 717 g/mol. The third-order valence-electron chi connectivity index (χ3n) is 10.7. The van der Waals surface area contributed by atoms with E-state index in [-0.39, 0.29) is 0 Å². The van der Waals surface area contributed by atoms with Crippen LogP contribution in [0.4, 0.5) is 0 Å². The van der Waals surface area contributed by atoms with Gasteiger partial charge < -0.3 is 0 Å². The van der Waals surface area contributed by atoms with Crippen LogP contribution in [0.3, 0.4) is 0 Å². The van der Waals surface area contributed by atoms with Crippen LogP contribution in [0.5, 0.6) is 0 Å². The third-order valence-corrected chi connectivity index (χ3v) is 13.0. The summed E-state index contributed by atoms with van der Waals surface area (Å²) in [5.74, 6) is 0.704. The number of hydrogen-bond donors (Lipinski definition) is 0. The van der Waals surface area contributed by atoms with Crippen molar-refractivity contribution in [1.82, 2.24) is 9.97 Å². The van der Waals surface area contributed by atoms with E-state index < -0.39 is 0 Å². The molecule has 3 heterocycles. The standard InChI is InChI=1S/C52H32N2S2/c1-3-11-33(12-4-1)39-27-40(37-24-26-50-45(30-37)43-16-8-10-18-49(43)55-50)29-41(28-39)47-32-46(53-52(54-47)36-13-5-2-6-14-36)35-21-19-34(20-22-35)38-23-25-44-42-15-7-9-17-48(42)56-51(44)31-38/h1-32H. The van der Waals surface area contributed by atoms with Crippen molar-refractivity contribution in [3.8, 4) is 67.3 Å². The fourth-order valence-corrected chi connectivity index (χ4v) is 10.1. The molecule has 4 heteroatoms. The van der Waals surface area contributed by atoms with Crippen LogP contribution in [-0.4, -0.2) is 9.97 Å². The van der Waals surface area contributed by atoms with Gasteiger partial charge in [-0.15, -0.1) is 22.7 Å². The lowest BCUT2D eigenvalue weighted by Gasteiger charge is -2.13. The fraction of sp³-hybridized carbons (Fsp3) is 0. The van der Waals surface area contributed by atoms with E-state index in [1.54, 1.807) is 0 Å². The first-order chi connectivity index (χ1) is 27.7. The van der Waals surface area contributed by atoms with Gasteiger partial charge in [0.15, 0.2) is 5.82 Å². The second-order valence-corrected chi connectivity index (χ2v) is 16.4. The number of nitrogens with zero attached hydrogens (tertiary/aromatic N) is 2. The lowest BCUT2D eigenvalue weighted by Crippen LogP contribution is -1.96. The Morgan fingerprint density at radius 2 is 0.714 bits per heavy atom. The quantitative estimate of drug-likeness (QED) is 0.169. The summed E-state index contributed by atoms with van der Waals surface area (Å²) >= 11 is 3.70. The summed E-state index contributed by atoms with van der Waals surface area (Å²) in [6, 6.07) is 69.8. The summed E-state index contributed by atoms with van der Waals surface area (Å²) in [6.45, 7) is 0. The molecule has 0 atom stereocenters. The SMILES string of the molecule is c1ccc(-c2cc(-c3ccc4sc5ccccc5c4c3)cc(-c3cc(-c4ccc(-c5ccc6c(c5)sc5ccccc56)cc4)nc(-c4ccccc4)n3)c2)cc1. The summed E-state index contributed by atoms with van der Waals surface area (Å²) in [7, 11) is 0. The summed E-state index contributed by atoms with van der Waals surface area (Å²) < 4.78 is 5.24. The Hall–Kier alpha value is -6.72. The summed E-state index contributed by atoms with van der Waals surface area (Å²) in [5.41, 5.74) is 11.9. The lowest BCUT2D eigenvalue weighted by molar-refractivity contribution is 1.18. The van der Waals surface area contributed by atoms with Crippen LogP contribution in [-0.2, 0) is 0 Å². The maximum atomic E-state index is 5.26. The molecule has 0 fully saturated rings. The van der Waals surface area contributed by atoms with Crippen molar-refractivity contribution in [2.24, 2.45) is 0 Å². The van der Waals surface area contributed by atoms with Crippen molar-refractivity contribution in [3.63, 3.8) is 0 Å². The van der Waals surface area contributed by atoms with E-state index in [9.17, 15) is 0 Å². The van der Waals surface area contributed by atoms with Gasteiger partial charge in [-0.1, -0.05) is 140 Å². The average Bonchev–Trinajstić information content (AvgIpc) is 3.84. The number of thiophene rings is 2. The molecule has 0 N–H and O–H groups in total. The van der Waals surface area contributed by atoms with Gasteiger partial charge in [-0.2, -0.15) is 0 Å². The zero-order chi connectivity index (χ0) is 37.0. The summed E-state index contributed by atoms with van der Waals surface area (Å²) in [5, 5.41) is 5.22. The topological polar surface area (TPSA) is 25.8 Å². The first kappa shape index (κ1) is 32.7.